The van der Waals surface area contributed by atoms with Gasteiger partial charge in [0.1, 0.15) is 5.75 Å². The van der Waals surface area contributed by atoms with Crippen molar-refractivity contribution in [1.29, 1.82) is 0 Å². The van der Waals surface area contributed by atoms with E-state index in [1.807, 2.05) is 6.07 Å². The normalized spacial score (nSPS) is 14.4. The van der Waals surface area contributed by atoms with Crippen LogP contribution in [0.25, 0.3) is 0 Å². The minimum Gasteiger partial charge on any atom is -0.494 e. The molecule has 0 aromatic heterocycles. The predicted molar refractivity (Wildman–Crippen MR) is 133 cm³/mol. The Morgan fingerprint density at radius 2 is 1.87 bits per heavy atom. The van der Waals surface area contributed by atoms with Gasteiger partial charge in [0.25, 0.3) is 0 Å². The summed E-state index contributed by atoms with van der Waals surface area (Å²) in [5, 5.41) is 2.99. The Hall–Kier alpha value is -1.63. The van der Waals surface area contributed by atoms with Gasteiger partial charge in [-0.3, -0.25) is 9.69 Å². The molecule has 1 saturated heterocycles. The van der Waals surface area contributed by atoms with Crippen molar-refractivity contribution in [3.63, 3.8) is 0 Å². The summed E-state index contributed by atoms with van der Waals surface area (Å²) in [6.07, 6.45) is 6.87. The van der Waals surface area contributed by atoms with Crippen molar-refractivity contribution in [2.75, 3.05) is 38.2 Å². The molecule has 0 aliphatic carbocycles. The van der Waals surface area contributed by atoms with E-state index in [4.69, 9.17) is 4.74 Å². The zero-order chi connectivity index (χ0) is 21.7. The molecule has 1 aliphatic rings. The molecular weight excluding hydrogens is 424 g/mol. The summed E-state index contributed by atoms with van der Waals surface area (Å²) in [6.45, 7) is 4.67. The molecule has 31 heavy (non-hydrogen) atoms. The molecule has 0 spiro atoms. The SMILES string of the molecule is CSc1ccc(CSCC(=O)NCCCOc2cccc(CN3CCCCC3)c2)cc1. The number of carbonyl (C=O) groups excluding carboxylic acids is 1. The van der Waals surface area contributed by atoms with Crippen LogP contribution in [0.15, 0.2) is 53.4 Å². The zero-order valence-electron chi connectivity index (χ0n) is 18.5. The summed E-state index contributed by atoms with van der Waals surface area (Å²) in [5.41, 5.74) is 2.57. The Morgan fingerprint density at radius 1 is 1.06 bits per heavy atom. The molecule has 0 atom stereocenters. The number of rotatable bonds is 12. The summed E-state index contributed by atoms with van der Waals surface area (Å²) in [6, 6.07) is 16.9. The van der Waals surface area contributed by atoms with E-state index in [-0.39, 0.29) is 5.91 Å². The van der Waals surface area contributed by atoms with Gasteiger partial charge in [0.15, 0.2) is 0 Å². The smallest absolute Gasteiger partial charge is 0.230 e. The van der Waals surface area contributed by atoms with E-state index in [9.17, 15) is 4.79 Å². The van der Waals surface area contributed by atoms with Crippen LogP contribution in [0, 0.1) is 0 Å². The van der Waals surface area contributed by atoms with Gasteiger partial charge in [-0.15, -0.1) is 23.5 Å². The van der Waals surface area contributed by atoms with Gasteiger partial charge in [-0.05, 0) is 74.0 Å². The fourth-order valence-corrected chi connectivity index (χ4v) is 4.86. The first-order valence-electron chi connectivity index (χ1n) is 11.1. The molecule has 4 nitrogen and oxygen atoms in total. The molecule has 3 rings (SSSR count). The number of carbonyl (C=O) groups is 1. The van der Waals surface area contributed by atoms with Crippen LogP contribution in [-0.4, -0.2) is 49.1 Å². The van der Waals surface area contributed by atoms with E-state index in [0.29, 0.717) is 18.9 Å². The predicted octanol–water partition coefficient (Wildman–Crippen LogP) is 5.21. The molecule has 0 radical (unpaired) electrons. The Labute approximate surface area is 195 Å². The molecule has 6 heteroatoms. The number of hydrogen-bond donors (Lipinski definition) is 1. The Bertz CT molecular complexity index is 792. The highest BCUT2D eigenvalue weighted by Gasteiger charge is 2.10. The molecule has 1 aliphatic heterocycles. The van der Waals surface area contributed by atoms with Crippen molar-refractivity contribution in [1.82, 2.24) is 10.2 Å². The van der Waals surface area contributed by atoms with Crippen molar-refractivity contribution in [2.24, 2.45) is 0 Å². The molecule has 0 saturated carbocycles. The maximum absolute atomic E-state index is 12.0. The zero-order valence-corrected chi connectivity index (χ0v) is 20.1. The minimum atomic E-state index is 0.0919. The summed E-state index contributed by atoms with van der Waals surface area (Å²) in [7, 11) is 0. The van der Waals surface area contributed by atoms with Crippen LogP contribution in [-0.2, 0) is 17.1 Å². The van der Waals surface area contributed by atoms with Gasteiger partial charge in [-0.1, -0.05) is 30.7 Å². The number of amides is 1. The summed E-state index contributed by atoms with van der Waals surface area (Å²) < 4.78 is 5.90. The third kappa shape index (κ3) is 9.17. The number of ether oxygens (including phenoxy) is 1. The maximum Gasteiger partial charge on any atom is 0.230 e. The van der Waals surface area contributed by atoms with E-state index < -0.39 is 0 Å². The van der Waals surface area contributed by atoms with Crippen LogP contribution in [0.4, 0.5) is 0 Å². The highest BCUT2D eigenvalue weighted by molar-refractivity contribution is 7.99. The van der Waals surface area contributed by atoms with E-state index in [2.05, 4.69) is 58.9 Å². The molecule has 2 aromatic rings. The molecule has 168 valence electrons. The van der Waals surface area contributed by atoms with E-state index >= 15 is 0 Å². The van der Waals surface area contributed by atoms with Crippen LogP contribution < -0.4 is 10.1 Å². The lowest BCUT2D eigenvalue weighted by Crippen LogP contribution is -2.29. The number of nitrogens with zero attached hydrogens (tertiary/aromatic N) is 1. The van der Waals surface area contributed by atoms with Gasteiger partial charge < -0.3 is 10.1 Å². The quantitative estimate of drug-likeness (QED) is 0.349. The Kier molecular flexibility index (Phi) is 10.6. The second-order valence-electron chi connectivity index (χ2n) is 7.88. The summed E-state index contributed by atoms with van der Waals surface area (Å²) >= 11 is 3.39. The fourth-order valence-electron chi connectivity index (χ4n) is 3.63. The van der Waals surface area contributed by atoms with Crippen molar-refractivity contribution in [3.8, 4) is 5.75 Å². The number of thioether (sulfide) groups is 2. The summed E-state index contributed by atoms with van der Waals surface area (Å²) in [5.74, 6) is 2.36. The lowest BCUT2D eigenvalue weighted by molar-refractivity contribution is -0.118. The molecule has 1 N–H and O–H groups in total. The average Bonchev–Trinajstić information content (AvgIpc) is 2.80. The number of piperidine rings is 1. The second-order valence-corrected chi connectivity index (χ2v) is 9.74. The third-order valence-electron chi connectivity index (χ3n) is 5.33. The van der Waals surface area contributed by atoms with Crippen LogP contribution >= 0.6 is 23.5 Å². The van der Waals surface area contributed by atoms with E-state index in [1.165, 1.54) is 48.4 Å². The minimum absolute atomic E-state index is 0.0919. The highest BCUT2D eigenvalue weighted by Crippen LogP contribution is 2.19. The van der Waals surface area contributed by atoms with Gasteiger partial charge in [0, 0.05) is 23.7 Å². The first-order valence-corrected chi connectivity index (χ1v) is 13.5. The van der Waals surface area contributed by atoms with Crippen LogP contribution in [0.5, 0.6) is 5.75 Å². The molecule has 1 amide bonds. The first-order chi connectivity index (χ1) is 15.2. The topological polar surface area (TPSA) is 41.6 Å². The Balaban J connectivity index is 1.25. The van der Waals surface area contributed by atoms with Gasteiger partial charge in [0.05, 0.1) is 12.4 Å². The van der Waals surface area contributed by atoms with Gasteiger partial charge >= 0.3 is 0 Å². The van der Waals surface area contributed by atoms with Crippen molar-refractivity contribution >= 4 is 29.4 Å². The molecule has 2 aromatic carbocycles. The molecular formula is C25H34N2O2S2. The molecule has 0 bridgehead atoms. The van der Waals surface area contributed by atoms with E-state index in [0.717, 1.165) is 24.5 Å². The number of hydrogen-bond acceptors (Lipinski definition) is 5. The largest absolute Gasteiger partial charge is 0.494 e. The van der Waals surface area contributed by atoms with Gasteiger partial charge in [-0.25, -0.2) is 0 Å². The lowest BCUT2D eigenvalue weighted by Gasteiger charge is -2.26. The number of nitrogens with one attached hydrogen (secondary N) is 1. The highest BCUT2D eigenvalue weighted by atomic mass is 32.2. The summed E-state index contributed by atoms with van der Waals surface area (Å²) in [4.78, 5) is 15.8. The lowest BCUT2D eigenvalue weighted by atomic mass is 10.1. The van der Waals surface area contributed by atoms with Crippen LogP contribution in [0.1, 0.15) is 36.8 Å². The van der Waals surface area contributed by atoms with Crippen molar-refractivity contribution < 1.29 is 9.53 Å². The molecule has 1 heterocycles. The van der Waals surface area contributed by atoms with Crippen LogP contribution in [0.3, 0.4) is 0 Å². The molecule has 0 unspecified atom stereocenters. The second kappa shape index (κ2) is 13.7. The monoisotopic (exact) mass is 458 g/mol. The van der Waals surface area contributed by atoms with Crippen molar-refractivity contribution in [2.45, 2.75) is 42.9 Å². The Morgan fingerprint density at radius 3 is 2.65 bits per heavy atom. The van der Waals surface area contributed by atoms with Crippen LogP contribution in [0.2, 0.25) is 0 Å². The molecule has 1 fully saturated rings. The maximum atomic E-state index is 12.0. The van der Waals surface area contributed by atoms with Gasteiger partial charge in [0.2, 0.25) is 5.91 Å². The fraction of sp³-hybridized carbons (Fsp3) is 0.480. The third-order valence-corrected chi connectivity index (χ3v) is 7.07. The van der Waals surface area contributed by atoms with Crippen molar-refractivity contribution in [3.05, 3.63) is 59.7 Å². The first kappa shape index (κ1) is 24.0. The van der Waals surface area contributed by atoms with E-state index in [1.54, 1.807) is 23.5 Å². The van der Waals surface area contributed by atoms with Gasteiger partial charge in [-0.2, -0.15) is 0 Å². The standard InChI is InChI=1S/C25H34N2O2S2/c1-30-24-11-9-21(10-12-24)19-31-20-25(28)26-13-6-16-29-23-8-5-7-22(17-23)18-27-14-3-2-4-15-27/h5,7-12,17H,2-4,6,13-16,18-20H2,1H3,(H,26,28). The average molecular weight is 459 g/mol. The number of benzene rings is 2. The number of likely N-dealkylation sites (tertiary alicyclic amines) is 1.